The first-order valence-electron chi connectivity index (χ1n) is 7.36. The Morgan fingerprint density at radius 3 is 3.14 bits per heavy atom. The molecule has 2 heterocycles. The number of nitrogens with zero attached hydrogens (tertiary/aromatic N) is 3. The third-order valence-corrected chi connectivity index (χ3v) is 3.16. The lowest BCUT2D eigenvalue weighted by molar-refractivity contribution is 0.241. The fourth-order valence-corrected chi connectivity index (χ4v) is 2.07. The maximum absolute atomic E-state index is 12.2. The van der Waals surface area contributed by atoms with Crippen LogP contribution in [0.1, 0.15) is 12.6 Å². The highest BCUT2D eigenvalue weighted by Gasteiger charge is 2.16. The largest absolute Gasteiger partial charge is 0.477 e. The molecule has 0 radical (unpaired) electrons. The normalized spacial score (nSPS) is 15.8. The van der Waals surface area contributed by atoms with Crippen molar-refractivity contribution in [2.75, 3.05) is 40.3 Å². The number of hydrogen-bond donors (Lipinski definition) is 2. The summed E-state index contributed by atoms with van der Waals surface area (Å²) in [7, 11) is 3.94. The molecule has 0 saturated carbocycles. The molecule has 0 aromatic carbocycles. The van der Waals surface area contributed by atoms with Gasteiger partial charge in [0.1, 0.15) is 0 Å². The van der Waals surface area contributed by atoms with Gasteiger partial charge in [-0.25, -0.2) is 4.79 Å². The molecule has 1 aromatic heterocycles. The summed E-state index contributed by atoms with van der Waals surface area (Å²) in [4.78, 5) is 14.2. The smallest absolute Gasteiger partial charge is 0.326 e. The van der Waals surface area contributed by atoms with Gasteiger partial charge in [0.15, 0.2) is 0 Å². The van der Waals surface area contributed by atoms with Crippen molar-refractivity contribution in [2.45, 2.75) is 6.92 Å². The maximum atomic E-state index is 12.2. The Morgan fingerprint density at radius 2 is 2.41 bits per heavy atom. The number of likely N-dealkylation sites (N-methyl/N-ethyl adjacent to an activating group) is 1. The number of nitrogens with one attached hydrogen (secondary N) is 2. The Balaban J connectivity index is 2.06. The zero-order valence-corrected chi connectivity index (χ0v) is 13.3. The lowest BCUT2D eigenvalue weighted by Crippen LogP contribution is -2.34. The van der Waals surface area contributed by atoms with Gasteiger partial charge in [-0.1, -0.05) is 0 Å². The van der Waals surface area contributed by atoms with E-state index in [9.17, 15) is 4.79 Å². The SMILES string of the molecule is CCOC1=NNC/C1=C\c1cccn1C(=O)NCCN(C)C. The standard InChI is InChI=1S/C15H23N5O2/c1-4-22-14-12(11-17-18-14)10-13-6-5-8-20(13)15(21)16-7-9-19(2)3/h5-6,8,10,17H,4,7,9,11H2,1-3H3,(H,16,21)/b12-10+. The first-order valence-corrected chi connectivity index (χ1v) is 7.36. The number of carbonyl (C=O) groups is 1. The average molecular weight is 305 g/mol. The van der Waals surface area contributed by atoms with Gasteiger partial charge in [-0.15, -0.1) is 5.10 Å². The van der Waals surface area contributed by atoms with Crippen LogP contribution in [-0.2, 0) is 4.74 Å². The summed E-state index contributed by atoms with van der Waals surface area (Å²) >= 11 is 0. The lowest BCUT2D eigenvalue weighted by atomic mass is 10.2. The second kappa shape index (κ2) is 7.65. The molecule has 1 amide bonds. The summed E-state index contributed by atoms with van der Waals surface area (Å²) in [5.41, 5.74) is 4.63. The maximum Gasteiger partial charge on any atom is 0.326 e. The minimum atomic E-state index is -0.139. The Bertz CT molecular complexity index is 574. The Morgan fingerprint density at radius 1 is 1.59 bits per heavy atom. The van der Waals surface area contributed by atoms with Crippen molar-refractivity contribution >= 4 is 18.0 Å². The summed E-state index contributed by atoms with van der Waals surface area (Å²) < 4.78 is 7.05. The monoisotopic (exact) mass is 305 g/mol. The molecule has 0 saturated heterocycles. The van der Waals surface area contributed by atoms with Gasteiger partial charge in [0.05, 0.1) is 18.8 Å². The van der Waals surface area contributed by atoms with Crippen molar-refractivity contribution in [1.82, 2.24) is 20.2 Å². The van der Waals surface area contributed by atoms with Gasteiger partial charge < -0.3 is 20.4 Å². The Kier molecular flexibility index (Phi) is 5.60. The van der Waals surface area contributed by atoms with Gasteiger partial charge in [0, 0.05) is 24.9 Å². The van der Waals surface area contributed by atoms with Crippen LogP contribution in [-0.4, -0.2) is 61.7 Å². The molecule has 0 fully saturated rings. The van der Waals surface area contributed by atoms with Crippen LogP contribution in [0.15, 0.2) is 29.0 Å². The second-order valence-corrected chi connectivity index (χ2v) is 5.19. The predicted octanol–water partition coefficient (Wildman–Crippen LogP) is 0.944. The molecule has 1 aliphatic rings. The molecule has 7 nitrogen and oxygen atoms in total. The van der Waals surface area contributed by atoms with E-state index in [1.54, 1.807) is 10.8 Å². The van der Waals surface area contributed by atoms with Gasteiger partial charge in [-0.3, -0.25) is 4.57 Å². The number of ether oxygens (including phenoxy) is 1. The van der Waals surface area contributed by atoms with E-state index in [-0.39, 0.29) is 6.03 Å². The van der Waals surface area contributed by atoms with E-state index in [4.69, 9.17) is 4.74 Å². The van der Waals surface area contributed by atoms with E-state index < -0.39 is 0 Å². The van der Waals surface area contributed by atoms with Crippen LogP contribution >= 0.6 is 0 Å². The van der Waals surface area contributed by atoms with Crippen LogP contribution in [0.4, 0.5) is 4.79 Å². The van der Waals surface area contributed by atoms with Crippen LogP contribution in [0.2, 0.25) is 0 Å². The first kappa shape index (κ1) is 16.1. The quantitative estimate of drug-likeness (QED) is 0.849. The minimum Gasteiger partial charge on any atom is -0.477 e. The van der Waals surface area contributed by atoms with Crippen molar-refractivity contribution in [1.29, 1.82) is 0 Å². The van der Waals surface area contributed by atoms with Gasteiger partial charge in [-0.2, -0.15) is 0 Å². The minimum absolute atomic E-state index is 0.139. The molecule has 2 rings (SSSR count). The number of carbonyl (C=O) groups excluding carboxylic acids is 1. The van der Waals surface area contributed by atoms with Crippen molar-refractivity contribution < 1.29 is 9.53 Å². The fraction of sp³-hybridized carbons (Fsp3) is 0.467. The zero-order chi connectivity index (χ0) is 15.9. The van der Waals surface area contributed by atoms with Crippen molar-refractivity contribution in [3.8, 4) is 0 Å². The van der Waals surface area contributed by atoms with Crippen molar-refractivity contribution in [3.63, 3.8) is 0 Å². The Hall–Kier alpha value is -2.28. The molecule has 2 N–H and O–H groups in total. The lowest BCUT2D eigenvalue weighted by Gasteiger charge is -2.12. The second-order valence-electron chi connectivity index (χ2n) is 5.19. The summed E-state index contributed by atoms with van der Waals surface area (Å²) in [6.07, 6.45) is 3.66. The highest BCUT2D eigenvalue weighted by molar-refractivity contribution is 5.99. The van der Waals surface area contributed by atoms with E-state index in [1.165, 1.54) is 0 Å². The van der Waals surface area contributed by atoms with Gasteiger partial charge in [0.2, 0.25) is 5.90 Å². The van der Waals surface area contributed by atoms with Crippen LogP contribution in [0.3, 0.4) is 0 Å². The van der Waals surface area contributed by atoms with E-state index in [0.717, 1.165) is 17.8 Å². The van der Waals surface area contributed by atoms with Crippen molar-refractivity contribution in [3.05, 3.63) is 29.6 Å². The molecule has 120 valence electrons. The Labute approximate surface area is 130 Å². The number of hydrogen-bond acceptors (Lipinski definition) is 5. The van der Waals surface area contributed by atoms with Crippen LogP contribution < -0.4 is 10.7 Å². The van der Waals surface area contributed by atoms with Crippen LogP contribution in [0.5, 0.6) is 0 Å². The van der Waals surface area contributed by atoms with E-state index >= 15 is 0 Å². The molecule has 7 heteroatoms. The molecule has 22 heavy (non-hydrogen) atoms. The molecular formula is C15H23N5O2. The molecular weight excluding hydrogens is 282 g/mol. The fourth-order valence-electron chi connectivity index (χ4n) is 2.07. The van der Waals surface area contributed by atoms with E-state index in [2.05, 4.69) is 15.8 Å². The highest BCUT2D eigenvalue weighted by Crippen LogP contribution is 2.13. The third-order valence-electron chi connectivity index (χ3n) is 3.16. The van der Waals surface area contributed by atoms with Crippen LogP contribution in [0, 0.1) is 0 Å². The molecule has 0 atom stereocenters. The van der Waals surface area contributed by atoms with Crippen molar-refractivity contribution in [2.24, 2.45) is 5.10 Å². The molecule has 1 aliphatic heterocycles. The number of amides is 1. The van der Waals surface area contributed by atoms with Gasteiger partial charge in [-0.05, 0) is 39.2 Å². The number of hydrazone groups is 1. The zero-order valence-electron chi connectivity index (χ0n) is 13.3. The summed E-state index contributed by atoms with van der Waals surface area (Å²) in [6, 6.07) is 3.60. The topological polar surface area (TPSA) is 70.9 Å². The number of aromatic nitrogens is 1. The molecule has 0 unspecified atom stereocenters. The summed E-state index contributed by atoms with van der Waals surface area (Å²) in [6.45, 7) is 4.48. The van der Waals surface area contributed by atoms with Crippen LogP contribution in [0.25, 0.3) is 6.08 Å². The average Bonchev–Trinajstić information content (AvgIpc) is 3.09. The van der Waals surface area contributed by atoms with E-state index in [0.29, 0.717) is 25.6 Å². The van der Waals surface area contributed by atoms with Gasteiger partial charge in [0.25, 0.3) is 0 Å². The molecule has 0 bridgehead atoms. The summed E-state index contributed by atoms with van der Waals surface area (Å²) in [5.74, 6) is 0.586. The summed E-state index contributed by atoms with van der Waals surface area (Å²) in [5, 5.41) is 6.99. The van der Waals surface area contributed by atoms with Gasteiger partial charge >= 0.3 is 6.03 Å². The number of rotatable bonds is 5. The van der Waals surface area contributed by atoms with E-state index in [1.807, 2.05) is 44.1 Å². The highest BCUT2D eigenvalue weighted by atomic mass is 16.5. The predicted molar refractivity (Wildman–Crippen MR) is 86.8 cm³/mol. The third kappa shape index (κ3) is 4.11. The molecule has 0 aliphatic carbocycles. The molecule has 0 spiro atoms. The first-order chi connectivity index (χ1) is 10.6. The molecule has 1 aromatic rings.